The number of carbonyl (C=O) groups is 2. The van der Waals surface area contributed by atoms with E-state index in [0.717, 1.165) is 0 Å². The fourth-order valence-corrected chi connectivity index (χ4v) is 0.929. The molecule has 0 aliphatic rings. The predicted octanol–water partition coefficient (Wildman–Crippen LogP) is 0.617. The Balaban J connectivity index is 2.48. The summed E-state index contributed by atoms with van der Waals surface area (Å²) in [7, 11) is 0. The van der Waals surface area contributed by atoms with Gasteiger partial charge in [-0.15, -0.1) is 6.42 Å². The third-order valence-electron chi connectivity index (χ3n) is 1.59. The van der Waals surface area contributed by atoms with Crippen molar-refractivity contribution in [2.75, 3.05) is 0 Å². The molecule has 1 aromatic heterocycles. The first kappa shape index (κ1) is 10.9. The van der Waals surface area contributed by atoms with Gasteiger partial charge in [-0.2, -0.15) is 0 Å². The molecule has 0 aromatic carbocycles. The first-order valence-electron chi connectivity index (χ1n) is 4.15. The van der Waals surface area contributed by atoms with Crippen LogP contribution in [0.25, 0.3) is 0 Å². The van der Waals surface area contributed by atoms with Crippen molar-refractivity contribution >= 4 is 11.9 Å². The van der Waals surface area contributed by atoms with Crippen molar-refractivity contribution in [3.05, 3.63) is 23.7 Å². The molecule has 15 heavy (non-hydrogen) atoms. The number of hydrogen-bond donors (Lipinski definition) is 2. The summed E-state index contributed by atoms with van der Waals surface area (Å²) in [6, 6.07) is 2.81. The molecule has 5 nitrogen and oxygen atoms in total. The minimum absolute atomic E-state index is 0.00744. The average molecular weight is 207 g/mol. The number of amides is 1. The van der Waals surface area contributed by atoms with Gasteiger partial charge in [-0.3, -0.25) is 4.79 Å². The van der Waals surface area contributed by atoms with Crippen molar-refractivity contribution in [3.8, 4) is 12.3 Å². The van der Waals surface area contributed by atoms with Gasteiger partial charge < -0.3 is 14.8 Å². The van der Waals surface area contributed by atoms with Crippen molar-refractivity contribution in [2.45, 2.75) is 13.0 Å². The fraction of sp³-hybridized carbons (Fsp3) is 0.200. The molecule has 0 spiro atoms. The highest BCUT2D eigenvalue weighted by molar-refractivity contribution is 5.84. The van der Waals surface area contributed by atoms with E-state index in [4.69, 9.17) is 15.9 Å². The summed E-state index contributed by atoms with van der Waals surface area (Å²) in [5, 5.41) is 11.0. The summed E-state index contributed by atoms with van der Waals surface area (Å²) < 4.78 is 4.91. The Bertz CT molecular complexity index is 413. The van der Waals surface area contributed by atoms with E-state index < -0.39 is 5.97 Å². The van der Waals surface area contributed by atoms with Gasteiger partial charge in [0.15, 0.2) is 0 Å². The predicted molar refractivity (Wildman–Crippen MR) is 51.0 cm³/mol. The fourth-order valence-electron chi connectivity index (χ4n) is 0.929. The zero-order valence-electron chi connectivity index (χ0n) is 7.82. The number of carbonyl (C=O) groups excluding carboxylic acids is 1. The Labute approximate surface area is 86.1 Å². The maximum Gasteiger partial charge on any atom is 0.371 e. The second kappa shape index (κ2) is 4.86. The molecule has 0 saturated carbocycles. The number of rotatable bonds is 4. The van der Waals surface area contributed by atoms with Gasteiger partial charge in [-0.1, -0.05) is 5.92 Å². The van der Waals surface area contributed by atoms with E-state index in [9.17, 15) is 9.59 Å². The lowest BCUT2D eigenvalue weighted by molar-refractivity contribution is -0.120. The van der Waals surface area contributed by atoms with Gasteiger partial charge >= 0.3 is 5.97 Å². The number of aromatic carboxylic acids is 1. The molecule has 0 unspecified atom stereocenters. The van der Waals surface area contributed by atoms with Crippen molar-refractivity contribution in [2.24, 2.45) is 0 Å². The molecule has 0 fully saturated rings. The highest BCUT2D eigenvalue weighted by Gasteiger charge is 2.09. The van der Waals surface area contributed by atoms with Crippen molar-refractivity contribution in [1.29, 1.82) is 0 Å². The molecule has 0 aliphatic heterocycles. The lowest BCUT2D eigenvalue weighted by Gasteiger charge is -1.98. The maximum atomic E-state index is 10.9. The summed E-state index contributed by atoms with van der Waals surface area (Å²) in [6.07, 6.45) is 4.92. The molecular formula is C10H9NO4. The van der Waals surface area contributed by atoms with E-state index in [1.807, 2.05) is 0 Å². The minimum atomic E-state index is -1.14. The molecule has 0 radical (unpaired) electrons. The van der Waals surface area contributed by atoms with Crippen LogP contribution < -0.4 is 5.32 Å². The van der Waals surface area contributed by atoms with Crippen LogP contribution in [0.4, 0.5) is 0 Å². The van der Waals surface area contributed by atoms with Crippen molar-refractivity contribution < 1.29 is 19.1 Å². The first-order chi connectivity index (χ1) is 7.13. The van der Waals surface area contributed by atoms with Crippen LogP contribution in [0.5, 0.6) is 0 Å². The average Bonchev–Trinajstić information content (AvgIpc) is 2.63. The summed E-state index contributed by atoms with van der Waals surface area (Å²) in [4.78, 5) is 21.4. The second-order valence-corrected chi connectivity index (χ2v) is 2.73. The Morgan fingerprint density at radius 3 is 2.80 bits per heavy atom. The number of hydrogen-bond acceptors (Lipinski definition) is 3. The summed E-state index contributed by atoms with van der Waals surface area (Å²) in [5.41, 5.74) is 0. The van der Waals surface area contributed by atoms with Crippen LogP contribution in [-0.4, -0.2) is 17.0 Å². The molecule has 0 aliphatic carbocycles. The van der Waals surface area contributed by atoms with E-state index in [0.29, 0.717) is 5.76 Å². The highest BCUT2D eigenvalue weighted by atomic mass is 16.4. The Hall–Kier alpha value is -2.22. The molecule has 5 heteroatoms. The van der Waals surface area contributed by atoms with Gasteiger partial charge in [-0.25, -0.2) is 4.79 Å². The molecule has 1 heterocycles. The molecule has 2 N–H and O–H groups in total. The molecule has 0 saturated heterocycles. The quantitative estimate of drug-likeness (QED) is 0.709. The third-order valence-corrected chi connectivity index (χ3v) is 1.59. The summed E-state index contributed by atoms with van der Waals surface area (Å²) in [5.74, 6) is 0.964. The molecule has 1 rings (SSSR count). The molecule has 1 amide bonds. The Kier molecular flexibility index (Phi) is 3.52. The van der Waals surface area contributed by atoms with E-state index in [-0.39, 0.29) is 24.6 Å². The lowest BCUT2D eigenvalue weighted by atomic mass is 10.4. The maximum absolute atomic E-state index is 10.9. The van der Waals surface area contributed by atoms with Gasteiger partial charge in [0, 0.05) is 0 Å². The number of carboxylic acid groups (broad SMARTS) is 1. The smallest absolute Gasteiger partial charge is 0.371 e. The largest absolute Gasteiger partial charge is 0.475 e. The van der Waals surface area contributed by atoms with Crippen LogP contribution in [0.15, 0.2) is 16.5 Å². The topological polar surface area (TPSA) is 79.5 Å². The normalized spacial score (nSPS) is 9.27. The molecule has 78 valence electrons. The van der Waals surface area contributed by atoms with Crippen LogP contribution in [0.2, 0.25) is 0 Å². The molecular weight excluding hydrogens is 198 g/mol. The van der Waals surface area contributed by atoms with Gasteiger partial charge in [0.2, 0.25) is 11.7 Å². The minimum Gasteiger partial charge on any atom is -0.475 e. The van der Waals surface area contributed by atoms with Gasteiger partial charge in [0.25, 0.3) is 0 Å². The van der Waals surface area contributed by atoms with Gasteiger partial charge in [-0.05, 0) is 12.1 Å². The summed E-state index contributed by atoms with van der Waals surface area (Å²) >= 11 is 0. The SMILES string of the molecule is C#CCC(=O)NCc1ccc(C(=O)O)o1. The number of terminal acetylenes is 1. The molecule has 1 aromatic rings. The Morgan fingerprint density at radius 1 is 1.53 bits per heavy atom. The highest BCUT2D eigenvalue weighted by Crippen LogP contribution is 2.07. The second-order valence-electron chi connectivity index (χ2n) is 2.73. The van der Waals surface area contributed by atoms with Gasteiger partial charge in [0.1, 0.15) is 5.76 Å². The standard InChI is InChI=1S/C10H9NO4/c1-2-3-9(12)11-6-7-4-5-8(15-7)10(13)14/h1,4-5H,3,6H2,(H,11,12)(H,13,14). The zero-order valence-corrected chi connectivity index (χ0v) is 7.82. The van der Waals surface area contributed by atoms with E-state index in [1.54, 1.807) is 0 Å². The Morgan fingerprint density at radius 2 is 2.27 bits per heavy atom. The molecule has 0 atom stereocenters. The zero-order chi connectivity index (χ0) is 11.3. The number of nitrogens with one attached hydrogen (secondary N) is 1. The van der Waals surface area contributed by atoms with Crippen LogP contribution >= 0.6 is 0 Å². The van der Waals surface area contributed by atoms with Crippen LogP contribution in [0, 0.1) is 12.3 Å². The first-order valence-corrected chi connectivity index (χ1v) is 4.15. The number of carboxylic acids is 1. The van der Waals surface area contributed by atoms with E-state index in [1.165, 1.54) is 12.1 Å². The van der Waals surface area contributed by atoms with Crippen molar-refractivity contribution in [3.63, 3.8) is 0 Å². The number of furan rings is 1. The summed E-state index contributed by atoms with van der Waals surface area (Å²) in [6.45, 7) is 0.133. The monoisotopic (exact) mass is 207 g/mol. The van der Waals surface area contributed by atoms with Crippen LogP contribution in [-0.2, 0) is 11.3 Å². The van der Waals surface area contributed by atoms with Gasteiger partial charge in [0.05, 0.1) is 13.0 Å². The van der Waals surface area contributed by atoms with Crippen molar-refractivity contribution in [1.82, 2.24) is 5.32 Å². The van der Waals surface area contributed by atoms with E-state index >= 15 is 0 Å². The lowest BCUT2D eigenvalue weighted by Crippen LogP contribution is -2.21. The van der Waals surface area contributed by atoms with E-state index in [2.05, 4.69) is 11.2 Å². The third kappa shape index (κ3) is 3.19. The van der Waals surface area contributed by atoms with Crippen LogP contribution in [0.1, 0.15) is 22.7 Å². The van der Waals surface area contributed by atoms with Crippen LogP contribution in [0.3, 0.4) is 0 Å². The molecule has 0 bridgehead atoms.